The molecule has 4 rings (SSSR count). The Balaban J connectivity index is 1.51. The van der Waals surface area contributed by atoms with E-state index < -0.39 is 23.6 Å². The van der Waals surface area contributed by atoms with E-state index >= 15 is 0 Å². The van der Waals surface area contributed by atoms with Crippen molar-refractivity contribution in [3.05, 3.63) is 88.6 Å². The van der Waals surface area contributed by atoms with Gasteiger partial charge < -0.3 is 20.1 Å². The summed E-state index contributed by atoms with van der Waals surface area (Å²) < 4.78 is 44.8. The summed E-state index contributed by atoms with van der Waals surface area (Å²) in [6.07, 6.45) is -3.94. The molecule has 0 bridgehead atoms. The highest BCUT2D eigenvalue weighted by molar-refractivity contribution is 5.84. The lowest BCUT2D eigenvalue weighted by molar-refractivity contribution is -0.144. The van der Waals surface area contributed by atoms with Crippen molar-refractivity contribution in [3.8, 4) is 5.75 Å². The Labute approximate surface area is 218 Å². The number of halogens is 3. The molecule has 1 unspecified atom stereocenters. The lowest BCUT2D eigenvalue weighted by Crippen LogP contribution is -2.35. The van der Waals surface area contributed by atoms with Crippen LogP contribution in [0.3, 0.4) is 0 Å². The number of anilines is 1. The third-order valence-corrected chi connectivity index (χ3v) is 6.43. The molecule has 38 heavy (non-hydrogen) atoms. The maximum Gasteiger partial charge on any atom is 0.416 e. The van der Waals surface area contributed by atoms with Crippen molar-refractivity contribution in [3.63, 3.8) is 0 Å². The van der Waals surface area contributed by atoms with Gasteiger partial charge in [0.1, 0.15) is 11.6 Å². The average molecular weight is 528 g/mol. The number of hydrogen-bond donors (Lipinski definition) is 2. The van der Waals surface area contributed by atoms with Crippen molar-refractivity contribution >= 4 is 17.7 Å². The predicted molar refractivity (Wildman–Crippen MR) is 135 cm³/mol. The summed E-state index contributed by atoms with van der Waals surface area (Å²) in [6.45, 7) is 0.633. The number of carboxylic acids is 1. The van der Waals surface area contributed by atoms with E-state index in [2.05, 4.69) is 10.3 Å². The highest BCUT2D eigenvalue weighted by atomic mass is 19.4. The molecule has 0 fully saturated rings. The zero-order valence-electron chi connectivity index (χ0n) is 20.8. The molecule has 2 heterocycles. The Hall–Kier alpha value is -4.08. The normalized spacial score (nSPS) is 15.5. The highest BCUT2D eigenvalue weighted by Crippen LogP contribution is 2.31. The number of amides is 1. The molecule has 7 nitrogen and oxygen atoms in total. The van der Waals surface area contributed by atoms with Crippen LogP contribution in [0.15, 0.2) is 60.7 Å². The largest absolute Gasteiger partial charge is 0.493 e. The molecule has 3 aromatic rings. The first-order chi connectivity index (χ1) is 18.1. The van der Waals surface area contributed by atoms with Crippen molar-refractivity contribution in [1.29, 1.82) is 0 Å². The molecule has 0 aliphatic carbocycles. The van der Waals surface area contributed by atoms with Crippen LogP contribution in [0.2, 0.25) is 0 Å². The number of nitrogens with one attached hydrogen (secondary N) is 1. The Bertz CT molecular complexity index is 1300. The number of rotatable bonds is 9. The van der Waals surface area contributed by atoms with Gasteiger partial charge in [-0.25, -0.2) is 4.98 Å². The summed E-state index contributed by atoms with van der Waals surface area (Å²) in [5.74, 6) is -0.840. The lowest BCUT2D eigenvalue weighted by Gasteiger charge is -2.24. The molecular formula is C28H28F3N3O4. The minimum atomic E-state index is -4.45. The fraction of sp³-hybridized carbons (Fsp3) is 0.321. The van der Waals surface area contributed by atoms with Crippen molar-refractivity contribution in [2.45, 2.75) is 38.5 Å². The molecule has 1 aliphatic rings. The second kappa shape index (κ2) is 11.5. The van der Waals surface area contributed by atoms with Crippen molar-refractivity contribution < 1.29 is 32.6 Å². The van der Waals surface area contributed by atoms with Crippen molar-refractivity contribution in [2.75, 3.05) is 19.0 Å². The number of carbonyl (C=O) groups is 2. The van der Waals surface area contributed by atoms with Gasteiger partial charge in [-0.05, 0) is 59.5 Å². The fourth-order valence-electron chi connectivity index (χ4n) is 4.49. The van der Waals surface area contributed by atoms with Gasteiger partial charge >= 0.3 is 12.1 Å². The second-order valence-corrected chi connectivity index (χ2v) is 9.18. The standard InChI is InChI=1S/C28H28F3N3O4/c1-32-25-4-2-3-23(33-25)11-12-38-24-10-7-19-13-20(15-26(35)36)27(37)34(17-21(19)14-24)16-18-5-8-22(9-6-18)28(29,30)31/h2-10,14,20H,11-13,15-17H2,1H3,(H,32,33)(H,35,36). The van der Waals surface area contributed by atoms with E-state index in [4.69, 9.17) is 4.74 Å². The van der Waals surface area contributed by atoms with Gasteiger partial charge in [-0.3, -0.25) is 9.59 Å². The van der Waals surface area contributed by atoms with Crippen LogP contribution in [0, 0.1) is 5.92 Å². The fourth-order valence-corrected chi connectivity index (χ4v) is 4.49. The minimum Gasteiger partial charge on any atom is -0.493 e. The van der Waals surface area contributed by atoms with Crippen LogP contribution in [0.4, 0.5) is 19.0 Å². The van der Waals surface area contributed by atoms with Gasteiger partial charge in [-0.1, -0.05) is 24.3 Å². The third kappa shape index (κ3) is 6.81. The number of ether oxygens (including phenoxy) is 1. The van der Waals surface area contributed by atoms with Crippen LogP contribution in [-0.2, 0) is 41.7 Å². The molecule has 1 aliphatic heterocycles. The zero-order chi connectivity index (χ0) is 27.3. The van der Waals surface area contributed by atoms with Crippen LogP contribution in [-0.4, -0.2) is 40.5 Å². The molecular weight excluding hydrogens is 499 g/mol. The summed E-state index contributed by atoms with van der Waals surface area (Å²) in [5.41, 5.74) is 2.28. The van der Waals surface area contributed by atoms with Crippen molar-refractivity contribution in [1.82, 2.24) is 9.88 Å². The summed E-state index contributed by atoms with van der Waals surface area (Å²) in [7, 11) is 1.80. The number of nitrogens with zero attached hydrogens (tertiary/aromatic N) is 2. The van der Waals surface area contributed by atoms with E-state index in [9.17, 15) is 27.9 Å². The molecule has 2 N–H and O–H groups in total. The Kier molecular flexibility index (Phi) is 8.19. The minimum absolute atomic E-state index is 0.0606. The molecule has 1 atom stereocenters. The molecule has 2 aromatic carbocycles. The van der Waals surface area contributed by atoms with Gasteiger partial charge in [0.15, 0.2) is 0 Å². The number of hydrogen-bond acceptors (Lipinski definition) is 5. The monoisotopic (exact) mass is 527 g/mol. The molecule has 0 saturated carbocycles. The molecule has 0 radical (unpaired) electrons. The predicted octanol–water partition coefficient (Wildman–Crippen LogP) is 4.94. The number of aromatic nitrogens is 1. The zero-order valence-corrected chi connectivity index (χ0v) is 20.8. The first kappa shape index (κ1) is 27.0. The number of alkyl halides is 3. The van der Waals surface area contributed by atoms with Crippen LogP contribution in [0.5, 0.6) is 5.75 Å². The summed E-state index contributed by atoms with van der Waals surface area (Å²) in [6, 6.07) is 15.8. The summed E-state index contributed by atoms with van der Waals surface area (Å²) >= 11 is 0. The average Bonchev–Trinajstić information content (AvgIpc) is 3.00. The van der Waals surface area contributed by atoms with E-state index in [-0.39, 0.29) is 31.8 Å². The van der Waals surface area contributed by atoms with Gasteiger partial charge in [-0.15, -0.1) is 0 Å². The van der Waals surface area contributed by atoms with Gasteiger partial charge in [0.25, 0.3) is 0 Å². The Morgan fingerprint density at radius 3 is 2.58 bits per heavy atom. The van der Waals surface area contributed by atoms with Crippen LogP contribution >= 0.6 is 0 Å². The summed E-state index contributed by atoms with van der Waals surface area (Å²) in [5, 5.41) is 12.4. The highest BCUT2D eigenvalue weighted by Gasteiger charge is 2.32. The van der Waals surface area contributed by atoms with Gasteiger partial charge in [0.05, 0.1) is 24.5 Å². The first-order valence-corrected chi connectivity index (χ1v) is 12.2. The molecule has 200 valence electrons. The Morgan fingerprint density at radius 1 is 1.13 bits per heavy atom. The Morgan fingerprint density at radius 2 is 1.89 bits per heavy atom. The lowest BCUT2D eigenvalue weighted by atomic mass is 9.94. The maximum absolute atomic E-state index is 13.3. The van der Waals surface area contributed by atoms with Crippen molar-refractivity contribution in [2.24, 2.45) is 5.92 Å². The van der Waals surface area contributed by atoms with Gasteiger partial charge in [-0.2, -0.15) is 13.2 Å². The van der Waals surface area contributed by atoms with E-state index in [1.54, 1.807) is 13.1 Å². The number of carboxylic acid groups (broad SMARTS) is 1. The first-order valence-electron chi connectivity index (χ1n) is 12.2. The number of pyridine rings is 1. The molecule has 0 spiro atoms. The van der Waals surface area contributed by atoms with Gasteiger partial charge in [0, 0.05) is 32.3 Å². The number of benzene rings is 2. The van der Waals surface area contributed by atoms with Crippen LogP contribution in [0.1, 0.15) is 34.4 Å². The van der Waals surface area contributed by atoms with E-state index in [1.807, 2.05) is 30.3 Å². The SMILES string of the molecule is CNc1cccc(CCOc2ccc3c(c2)CN(Cc2ccc(C(F)(F)F)cc2)C(=O)C(CC(=O)O)C3)n1. The quantitative estimate of drug-likeness (QED) is 0.410. The van der Waals surface area contributed by atoms with E-state index in [0.717, 1.165) is 34.8 Å². The number of fused-ring (bicyclic) bond motifs is 1. The summed E-state index contributed by atoms with van der Waals surface area (Å²) in [4.78, 5) is 30.7. The molecule has 10 heteroatoms. The third-order valence-electron chi connectivity index (χ3n) is 6.43. The van der Waals surface area contributed by atoms with Gasteiger partial charge in [0.2, 0.25) is 5.91 Å². The van der Waals surface area contributed by atoms with E-state index in [1.165, 1.54) is 17.0 Å². The molecule has 1 aromatic heterocycles. The topological polar surface area (TPSA) is 91.8 Å². The number of aliphatic carboxylic acids is 1. The smallest absolute Gasteiger partial charge is 0.416 e. The van der Waals surface area contributed by atoms with Crippen LogP contribution in [0.25, 0.3) is 0 Å². The molecule has 1 amide bonds. The number of carbonyl (C=O) groups excluding carboxylic acids is 1. The second-order valence-electron chi connectivity index (χ2n) is 9.18. The van der Waals surface area contributed by atoms with Crippen LogP contribution < -0.4 is 10.1 Å². The maximum atomic E-state index is 13.3. The molecule has 0 saturated heterocycles. The van der Waals surface area contributed by atoms with E-state index in [0.29, 0.717) is 24.3 Å².